The molecule has 1 heterocycles. The summed E-state index contributed by atoms with van der Waals surface area (Å²) in [5.74, 6) is -3.40. The van der Waals surface area contributed by atoms with Gasteiger partial charge in [-0.1, -0.05) is 0 Å². The summed E-state index contributed by atoms with van der Waals surface area (Å²) < 4.78 is 30.4. The Kier molecular flexibility index (Phi) is 4.02. The first-order chi connectivity index (χ1) is 6.92. The zero-order valence-corrected chi connectivity index (χ0v) is 9.13. The molecule has 1 aliphatic rings. The van der Waals surface area contributed by atoms with Crippen molar-refractivity contribution in [2.45, 2.75) is 38.2 Å². The van der Waals surface area contributed by atoms with Crippen LogP contribution in [0.1, 0.15) is 26.2 Å². The summed E-state index contributed by atoms with van der Waals surface area (Å²) in [4.78, 5) is 12.9. The number of rotatable bonds is 3. The molecule has 0 aliphatic carbocycles. The van der Waals surface area contributed by atoms with Gasteiger partial charge in [0.1, 0.15) is 0 Å². The van der Waals surface area contributed by atoms with Crippen LogP contribution in [-0.4, -0.2) is 43.0 Å². The second kappa shape index (κ2) is 4.88. The first kappa shape index (κ1) is 12.4. The number of likely N-dealkylation sites (tertiary alicyclic amines) is 1. The average Bonchev–Trinajstić information content (AvgIpc) is 2.15. The highest BCUT2D eigenvalue weighted by atomic mass is 19.3. The number of halogens is 2. The van der Waals surface area contributed by atoms with Crippen molar-refractivity contribution < 1.29 is 18.3 Å². The third kappa shape index (κ3) is 4.11. The molecule has 0 radical (unpaired) electrons. The fraction of sp³-hybridized carbons (Fsp3) is 0.900. The summed E-state index contributed by atoms with van der Waals surface area (Å²) in [5, 5.41) is 0. The number of methoxy groups -OCH3 is 1. The van der Waals surface area contributed by atoms with Gasteiger partial charge < -0.3 is 9.64 Å². The fourth-order valence-electron chi connectivity index (χ4n) is 1.73. The molecule has 0 aromatic heterocycles. The van der Waals surface area contributed by atoms with Crippen LogP contribution in [0.3, 0.4) is 0 Å². The number of ether oxygens (including phenoxy) is 1. The van der Waals surface area contributed by atoms with E-state index >= 15 is 0 Å². The Hall–Kier alpha value is -0.710. The van der Waals surface area contributed by atoms with Gasteiger partial charge in [-0.15, -0.1) is 0 Å². The zero-order valence-electron chi connectivity index (χ0n) is 9.13. The number of piperidine rings is 1. The van der Waals surface area contributed by atoms with Gasteiger partial charge in [-0.2, -0.15) is 0 Å². The van der Waals surface area contributed by atoms with Gasteiger partial charge in [0.15, 0.2) is 0 Å². The molecule has 1 fully saturated rings. The van der Waals surface area contributed by atoms with Gasteiger partial charge in [0.25, 0.3) is 5.92 Å². The largest absolute Gasteiger partial charge is 0.380 e. The fourth-order valence-corrected chi connectivity index (χ4v) is 1.73. The highest BCUT2D eigenvalue weighted by Gasteiger charge is 2.30. The maximum Gasteiger partial charge on any atom is 0.254 e. The molecule has 1 saturated heterocycles. The van der Waals surface area contributed by atoms with Gasteiger partial charge >= 0.3 is 0 Å². The van der Waals surface area contributed by atoms with Gasteiger partial charge in [0.2, 0.25) is 5.91 Å². The molecule has 0 aromatic rings. The molecule has 3 nitrogen and oxygen atoms in total. The molecule has 1 amide bonds. The predicted octanol–water partition coefficient (Wildman–Crippen LogP) is 1.67. The van der Waals surface area contributed by atoms with E-state index in [1.54, 1.807) is 7.11 Å². The first-order valence-corrected chi connectivity index (χ1v) is 5.11. The zero-order chi connectivity index (χ0) is 11.5. The lowest BCUT2D eigenvalue weighted by Gasteiger charge is -2.32. The molecule has 0 bridgehead atoms. The molecule has 0 spiro atoms. The number of nitrogens with zero attached hydrogens (tertiary/aromatic N) is 1. The number of carbonyl (C=O) groups is 1. The molecule has 1 rings (SSSR count). The Balaban J connectivity index is 2.45. The summed E-state index contributed by atoms with van der Waals surface area (Å²) in [6.45, 7) is 1.77. The highest BCUT2D eigenvalue weighted by molar-refractivity contribution is 5.77. The number of amides is 1. The van der Waals surface area contributed by atoms with Crippen LogP contribution in [0.2, 0.25) is 0 Å². The van der Waals surface area contributed by atoms with Crippen LogP contribution in [0.4, 0.5) is 8.78 Å². The molecule has 88 valence electrons. The molecule has 0 aromatic carbocycles. The molecule has 5 heteroatoms. The Bertz CT molecular complexity index is 228. The third-order valence-corrected chi connectivity index (χ3v) is 2.53. The van der Waals surface area contributed by atoms with Crippen molar-refractivity contribution in [1.82, 2.24) is 4.90 Å². The Morgan fingerprint density at radius 1 is 1.60 bits per heavy atom. The van der Waals surface area contributed by atoms with Gasteiger partial charge in [-0.3, -0.25) is 4.79 Å². The van der Waals surface area contributed by atoms with Crippen LogP contribution < -0.4 is 0 Å². The number of alkyl halides is 2. The normalized spacial score (nSPS) is 22.9. The van der Waals surface area contributed by atoms with Crippen LogP contribution in [0.25, 0.3) is 0 Å². The van der Waals surface area contributed by atoms with Crippen LogP contribution in [0, 0.1) is 0 Å². The number of hydrogen-bond donors (Lipinski definition) is 0. The molecule has 1 aliphatic heterocycles. The van der Waals surface area contributed by atoms with E-state index in [0.29, 0.717) is 13.1 Å². The minimum absolute atomic E-state index is 0.00632. The molecule has 0 unspecified atom stereocenters. The highest BCUT2D eigenvalue weighted by Crippen LogP contribution is 2.20. The standard InChI is InChI=1S/C10H17F2NO2/c1-10(11,12)6-9(14)13-5-3-4-8(7-13)15-2/h8H,3-7H2,1-2H3/t8-/m1/s1. The average molecular weight is 221 g/mol. The van der Waals surface area contributed by atoms with E-state index in [1.807, 2.05) is 0 Å². The Morgan fingerprint density at radius 3 is 2.80 bits per heavy atom. The lowest BCUT2D eigenvalue weighted by Crippen LogP contribution is -2.44. The molecule has 0 saturated carbocycles. The molecular formula is C10H17F2NO2. The van der Waals surface area contributed by atoms with Crippen molar-refractivity contribution in [1.29, 1.82) is 0 Å². The molecule has 15 heavy (non-hydrogen) atoms. The van der Waals surface area contributed by atoms with Gasteiger partial charge in [-0.25, -0.2) is 8.78 Å². The summed E-state index contributed by atoms with van der Waals surface area (Å²) in [6, 6.07) is 0. The van der Waals surface area contributed by atoms with E-state index in [-0.39, 0.29) is 6.10 Å². The van der Waals surface area contributed by atoms with Crippen molar-refractivity contribution >= 4 is 5.91 Å². The van der Waals surface area contributed by atoms with Gasteiger partial charge in [0, 0.05) is 20.2 Å². The van der Waals surface area contributed by atoms with E-state index in [4.69, 9.17) is 4.74 Å². The lowest BCUT2D eigenvalue weighted by atomic mass is 10.1. The van der Waals surface area contributed by atoms with Crippen molar-refractivity contribution in [3.05, 3.63) is 0 Å². The number of hydrogen-bond acceptors (Lipinski definition) is 2. The maximum absolute atomic E-state index is 12.6. The maximum atomic E-state index is 12.6. The Morgan fingerprint density at radius 2 is 2.27 bits per heavy atom. The summed E-state index contributed by atoms with van der Waals surface area (Å²) in [6.07, 6.45) is 0.999. The van der Waals surface area contributed by atoms with E-state index in [0.717, 1.165) is 19.8 Å². The van der Waals surface area contributed by atoms with E-state index in [1.165, 1.54) is 4.90 Å². The SMILES string of the molecule is CO[C@@H]1CCCN(C(=O)CC(C)(F)F)C1. The van der Waals surface area contributed by atoms with Crippen LogP contribution >= 0.6 is 0 Å². The minimum atomic E-state index is -2.92. The van der Waals surface area contributed by atoms with Crippen molar-refractivity contribution in [3.63, 3.8) is 0 Å². The predicted molar refractivity (Wildman–Crippen MR) is 51.8 cm³/mol. The minimum Gasteiger partial charge on any atom is -0.380 e. The van der Waals surface area contributed by atoms with Crippen LogP contribution in [0.15, 0.2) is 0 Å². The van der Waals surface area contributed by atoms with Gasteiger partial charge in [-0.05, 0) is 19.8 Å². The summed E-state index contributed by atoms with van der Waals surface area (Å²) in [5.41, 5.74) is 0. The quantitative estimate of drug-likeness (QED) is 0.725. The monoisotopic (exact) mass is 221 g/mol. The van der Waals surface area contributed by atoms with Gasteiger partial charge in [0.05, 0.1) is 12.5 Å². The molecule has 0 N–H and O–H groups in total. The first-order valence-electron chi connectivity index (χ1n) is 5.11. The van der Waals surface area contributed by atoms with Crippen molar-refractivity contribution in [2.24, 2.45) is 0 Å². The third-order valence-electron chi connectivity index (χ3n) is 2.53. The summed E-state index contributed by atoms with van der Waals surface area (Å²) >= 11 is 0. The lowest BCUT2D eigenvalue weighted by molar-refractivity contribution is -0.141. The van der Waals surface area contributed by atoms with E-state index in [9.17, 15) is 13.6 Å². The van der Waals surface area contributed by atoms with E-state index < -0.39 is 18.3 Å². The summed E-state index contributed by atoms with van der Waals surface area (Å²) in [7, 11) is 1.58. The second-order valence-corrected chi connectivity index (χ2v) is 4.09. The molecule has 1 atom stereocenters. The van der Waals surface area contributed by atoms with Crippen LogP contribution in [0.5, 0.6) is 0 Å². The number of carbonyl (C=O) groups excluding carboxylic acids is 1. The molecular weight excluding hydrogens is 204 g/mol. The van der Waals surface area contributed by atoms with E-state index in [2.05, 4.69) is 0 Å². The smallest absolute Gasteiger partial charge is 0.254 e. The topological polar surface area (TPSA) is 29.5 Å². The van der Waals surface area contributed by atoms with Crippen molar-refractivity contribution in [2.75, 3.05) is 20.2 Å². The van der Waals surface area contributed by atoms with Crippen LogP contribution in [-0.2, 0) is 9.53 Å². The second-order valence-electron chi connectivity index (χ2n) is 4.09. The van der Waals surface area contributed by atoms with Crippen molar-refractivity contribution in [3.8, 4) is 0 Å². The Labute approximate surface area is 88.4 Å².